The molecule has 25 heavy (non-hydrogen) atoms. The summed E-state index contributed by atoms with van der Waals surface area (Å²) >= 11 is 6.02. The van der Waals surface area contributed by atoms with Crippen molar-refractivity contribution >= 4 is 29.1 Å². The van der Waals surface area contributed by atoms with Crippen molar-refractivity contribution in [2.24, 2.45) is 0 Å². The number of para-hydroxylation sites is 1. The summed E-state index contributed by atoms with van der Waals surface area (Å²) in [5.41, 5.74) is 0.543. The van der Waals surface area contributed by atoms with Crippen molar-refractivity contribution < 1.29 is 14.3 Å². The molecule has 1 atom stereocenters. The van der Waals surface area contributed by atoms with Crippen LogP contribution in [0, 0.1) is 0 Å². The third kappa shape index (κ3) is 6.65. The van der Waals surface area contributed by atoms with Gasteiger partial charge in [-0.25, -0.2) is 0 Å². The zero-order valence-electron chi connectivity index (χ0n) is 14.8. The minimum absolute atomic E-state index is 0.0160. The van der Waals surface area contributed by atoms with E-state index in [1.165, 1.54) is 11.3 Å². The number of amides is 2. The highest BCUT2D eigenvalue weighted by Gasteiger charge is 2.19. The van der Waals surface area contributed by atoms with Gasteiger partial charge in [0, 0.05) is 20.2 Å². The summed E-state index contributed by atoms with van der Waals surface area (Å²) in [6.45, 7) is 1.77. The number of carbonyl (C=O) groups excluding carboxylic acids is 2. The molecule has 1 aliphatic heterocycles. The van der Waals surface area contributed by atoms with Gasteiger partial charge in [-0.05, 0) is 38.4 Å². The van der Waals surface area contributed by atoms with E-state index < -0.39 is 0 Å². The fourth-order valence-corrected chi connectivity index (χ4v) is 2.95. The summed E-state index contributed by atoms with van der Waals surface area (Å²) in [6, 6.07) is 7.01. The lowest BCUT2D eigenvalue weighted by molar-refractivity contribution is -0.134. The first kappa shape index (κ1) is 19.7. The Balaban J connectivity index is 1.75. The number of hydrogen-bond acceptors (Lipinski definition) is 4. The van der Waals surface area contributed by atoms with Crippen LogP contribution >= 0.6 is 11.6 Å². The van der Waals surface area contributed by atoms with Gasteiger partial charge in [-0.3, -0.25) is 14.5 Å². The molecular weight excluding hydrogens is 342 g/mol. The summed E-state index contributed by atoms with van der Waals surface area (Å²) in [4.78, 5) is 27.7. The lowest BCUT2D eigenvalue weighted by atomic mass is 10.1. The maximum absolute atomic E-state index is 12.3. The van der Waals surface area contributed by atoms with E-state index >= 15 is 0 Å². The molecule has 0 aromatic heterocycles. The first-order valence-corrected chi connectivity index (χ1v) is 8.92. The third-order valence-electron chi connectivity index (χ3n) is 4.15. The van der Waals surface area contributed by atoms with E-state index in [0.717, 1.165) is 26.0 Å². The van der Waals surface area contributed by atoms with Crippen LogP contribution in [0.25, 0.3) is 0 Å². The summed E-state index contributed by atoms with van der Waals surface area (Å²) in [5, 5.41) is 3.19. The molecule has 2 amide bonds. The molecule has 1 fully saturated rings. The van der Waals surface area contributed by atoms with Crippen LogP contribution in [0.2, 0.25) is 5.02 Å². The Morgan fingerprint density at radius 2 is 2.00 bits per heavy atom. The normalized spacial score (nSPS) is 17.4. The van der Waals surface area contributed by atoms with Crippen LogP contribution in [0.3, 0.4) is 0 Å². The van der Waals surface area contributed by atoms with E-state index in [4.69, 9.17) is 16.3 Å². The number of carbonyl (C=O) groups is 2. The molecule has 1 aliphatic rings. The van der Waals surface area contributed by atoms with E-state index in [0.29, 0.717) is 10.7 Å². The number of benzene rings is 1. The SMILES string of the molecule is CN(CC(=O)N(C)CC(=O)Nc1ccccc1Cl)CC1CCCCO1. The first-order chi connectivity index (χ1) is 12.0. The molecule has 2 rings (SSSR count). The number of anilines is 1. The average Bonchev–Trinajstić information content (AvgIpc) is 2.57. The average molecular weight is 368 g/mol. The third-order valence-corrected chi connectivity index (χ3v) is 4.48. The molecule has 1 heterocycles. The van der Waals surface area contributed by atoms with Gasteiger partial charge in [-0.2, -0.15) is 0 Å². The van der Waals surface area contributed by atoms with Crippen LogP contribution in [0.5, 0.6) is 0 Å². The number of ether oxygens (including phenoxy) is 1. The molecule has 7 heteroatoms. The Kier molecular flexibility index (Phi) is 7.68. The number of nitrogens with one attached hydrogen (secondary N) is 1. The number of halogens is 1. The van der Waals surface area contributed by atoms with Gasteiger partial charge in [-0.1, -0.05) is 23.7 Å². The number of rotatable bonds is 7. The van der Waals surface area contributed by atoms with Crippen molar-refractivity contribution in [1.29, 1.82) is 0 Å². The maximum atomic E-state index is 12.3. The van der Waals surface area contributed by atoms with Crippen molar-refractivity contribution in [1.82, 2.24) is 9.80 Å². The summed E-state index contributed by atoms with van der Waals surface area (Å²) in [7, 11) is 3.52. The van der Waals surface area contributed by atoms with Crippen molar-refractivity contribution in [2.45, 2.75) is 25.4 Å². The number of likely N-dealkylation sites (N-methyl/N-ethyl adjacent to an activating group) is 2. The van der Waals surface area contributed by atoms with Crippen LogP contribution in [0.4, 0.5) is 5.69 Å². The molecular formula is C18H26ClN3O3. The van der Waals surface area contributed by atoms with Crippen molar-refractivity contribution in [3.63, 3.8) is 0 Å². The van der Waals surface area contributed by atoms with E-state index in [1.807, 2.05) is 11.9 Å². The highest BCUT2D eigenvalue weighted by atomic mass is 35.5. The topological polar surface area (TPSA) is 61.9 Å². The van der Waals surface area contributed by atoms with Crippen LogP contribution in [-0.2, 0) is 14.3 Å². The standard InChI is InChI=1S/C18H26ClN3O3/c1-21(11-14-7-5-6-10-25-14)13-18(24)22(2)12-17(23)20-16-9-4-3-8-15(16)19/h3-4,8-9,14H,5-7,10-13H2,1-2H3,(H,20,23). The van der Waals surface area contributed by atoms with E-state index in [1.54, 1.807) is 31.3 Å². The Morgan fingerprint density at radius 3 is 2.68 bits per heavy atom. The van der Waals surface area contributed by atoms with Crippen LogP contribution in [0.1, 0.15) is 19.3 Å². The maximum Gasteiger partial charge on any atom is 0.244 e. The second-order valence-electron chi connectivity index (χ2n) is 6.46. The van der Waals surface area contributed by atoms with E-state index in [2.05, 4.69) is 5.32 Å². The van der Waals surface area contributed by atoms with Crippen molar-refractivity contribution in [2.75, 3.05) is 45.7 Å². The fourth-order valence-electron chi connectivity index (χ4n) is 2.77. The van der Waals surface area contributed by atoms with Crippen LogP contribution in [-0.4, -0.2) is 68.1 Å². The molecule has 1 N–H and O–H groups in total. The predicted octanol–water partition coefficient (Wildman–Crippen LogP) is 2.24. The second-order valence-corrected chi connectivity index (χ2v) is 6.87. The van der Waals surface area contributed by atoms with Gasteiger partial charge in [0.05, 0.1) is 29.9 Å². The Labute approximate surface area is 154 Å². The second kappa shape index (κ2) is 9.75. The summed E-state index contributed by atoms with van der Waals surface area (Å²) in [6.07, 6.45) is 3.52. The molecule has 1 unspecified atom stereocenters. The summed E-state index contributed by atoms with van der Waals surface area (Å²) < 4.78 is 5.69. The van der Waals surface area contributed by atoms with Gasteiger partial charge < -0.3 is 15.0 Å². The lowest BCUT2D eigenvalue weighted by Crippen LogP contribution is -2.43. The first-order valence-electron chi connectivity index (χ1n) is 8.54. The molecule has 6 nitrogen and oxygen atoms in total. The molecule has 1 saturated heterocycles. The van der Waals surface area contributed by atoms with Gasteiger partial charge in [0.1, 0.15) is 0 Å². The monoisotopic (exact) mass is 367 g/mol. The largest absolute Gasteiger partial charge is 0.377 e. The Morgan fingerprint density at radius 1 is 1.24 bits per heavy atom. The zero-order chi connectivity index (χ0) is 18.2. The number of nitrogens with zero attached hydrogens (tertiary/aromatic N) is 2. The van der Waals surface area contributed by atoms with Gasteiger partial charge in [0.15, 0.2) is 0 Å². The van der Waals surface area contributed by atoms with Crippen molar-refractivity contribution in [3.05, 3.63) is 29.3 Å². The predicted molar refractivity (Wildman–Crippen MR) is 98.8 cm³/mol. The lowest BCUT2D eigenvalue weighted by Gasteiger charge is -2.28. The molecule has 1 aromatic carbocycles. The highest BCUT2D eigenvalue weighted by molar-refractivity contribution is 6.33. The molecule has 0 radical (unpaired) electrons. The quantitative estimate of drug-likeness (QED) is 0.802. The van der Waals surface area contributed by atoms with E-state index in [9.17, 15) is 9.59 Å². The zero-order valence-corrected chi connectivity index (χ0v) is 15.6. The van der Waals surface area contributed by atoms with Gasteiger partial charge in [0.2, 0.25) is 11.8 Å². The smallest absolute Gasteiger partial charge is 0.244 e. The summed E-state index contributed by atoms with van der Waals surface area (Å²) in [5.74, 6) is -0.380. The van der Waals surface area contributed by atoms with E-state index in [-0.39, 0.29) is 31.0 Å². The van der Waals surface area contributed by atoms with Crippen LogP contribution < -0.4 is 5.32 Å². The molecule has 0 spiro atoms. The fraction of sp³-hybridized carbons (Fsp3) is 0.556. The van der Waals surface area contributed by atoms with Crippen LogP contribution in [0.15, 0.2) is 24.3 Å². The molecule has 138 valence electrons. The molecule has 0 saturated carbocycles. The highest BCUT2D eigenvalue weighted by Crippen LogP contribution is 2.20. The van der Waals surface area contributed by atoms with Gasteiger partial charge in [0.25, 0.3) is 0 Å². The minimum Gasteiger partial charge on any atom is -0.377 e. The Bertz CT molecular complexity index is 591. The number of hydrogen-bond donors (Lipinski definition) is 1. The van der Waals surface area contributed by atoms with Gasteiger partial charge >= 0.3 is 0 Å². The van der Waals surface area contributed by atoms with Crippen molar-refractivity contribution in [3.8, 4) is 0 Å². The van der Waals surface area contributed by atoms with Gasteiger partial charge in [-0.15, -0.1) is 0 Å². The minimum atomic E-state index is -0.276. The molecule has 0 bridgehead atoms. The molecule has 1 aromatic rings. The Hall–Kier alpha value is -1.63. The molecule has 0 aliphatic carbocycles.